The molecule has 118 valence electrons. The molecular formula is C19H24ClNO. The van der Waals surface area contributed by atoms with Crippen LogP contribution in [0.1, 0.15) is 42.4 Å². The quantitative estimate of drug-likeness (QED) is 0.834. The minimum atomic E-state index is 0.231. The van der Waals surface area contributed by atoms with Crippen LogP contribution in [0.3, 0.4) is 0 Å². The van der Waals surface area contributed by atoms with Gasteiger partial charge in [-0.25, -0.2) is 0 Å². The van der Waals surface area contributed by atoms with Crippen LogP contribution in [0.4, 0.5) is 0 Å². The number of hydrogen-bond acceptors (Lipinski definition) is 2. The Morgan fingerprint density at radius 3 is 2.45 bits per heavy atom. The summed E-state index contributed by atoms with van der Waals surface area (Å²) in [4.78, 5) is 0. The molecule has 2 nitrogen and oxygen atoms in total. The summed E-state index contributed by atoms with van der Waals surface area (Å²) in [7, 11) is 1.71. The lowest BCUT2D eigenvalue weighted by atomic mass is 9.90. The Balaban J connectivity index is 2.32. The maximum absolute atomic E-state index is 6.11. The Morgan fingerprint density at radius 1 is 1.09 bits per heavy atom. The monoisotopic (exact) mass is 317 g/mol. The number of rotatable bonds is 6. The molecule has 2 rings (SSSR count). The molecule has 22 heavy (non-hydrogen) atoms. The molecule has 0 spiro atoms. The van der Waals surface area contributed by atoms with Crippen molar-refractivity contribution >= 4 is 11.6 Å². The predicted octanol–water partition coefficient (Wildman–Crippen LogP) is 4.76. The predicted molar refractivity (Wildman–Crippen MR) is 94.0 cm³/mol. The van der Waals surface area contributed by atoms with Crippen LogP contribution < -0.4 is 10.5 Å². The molecule has 0 bridgehead atoms. The largest absolute Gasteiger partial charge is 0.496 e. The van der Waals surface area contributed by atoms with Gasteiger partial charge in [0.1, 0.15) is 5.75 Å². The van der Waals surface area contributed by atoms with E-state index in [9.17, 15) is 0 Å². The summed E-state index contributed by atoms with van der Waals surface area (Å²) in [6.45, 7) is 4.97. The lowest BCUT2D eigenvalue weighted by Gasteiger charge is -2.19. The molecular weight excluding hydrogens is 294 g/mol. The van der Waals surface area contributed by atoms with Crippen molar-refractivity contribution in [3.8, 4) is 5.75 Å². The van der Waals surface area contributed by atoms with Crippen molar-refractivity contribution in [2.45, 2.75) is 32.1 Å². The number of halogens is 1. The third-order valence-electron chi connectivity index (χ3n) is 4.04. The molecule has 0 saturated heterocycles. The maximum atomic E-state index is 6.11. The zero-order valence-electron chi connectivity index (χ0n) is 13.5. The fourth-order valence-electron chi connectivity index (χ4n) is 2.68. The Labute approximate surface area is 138 Å². The van der Waals surface area contributed by atoms with E-state index in [0.29, 0.717) is 12.5 Å². The van der Waals surface area contributed by atoms with Crippen molar-refractivity contribution in [2.24, 2.45) is 5.73 Å². The summed E-state index contributed by atoms with van der Waals surface area (Å²) in [5, 5.41) is 0.749. The van der Waals surface area contributed by atoms with Crippen LogP contribution in [0.2, 0.25) is 5.02 Å². The summed E-state index contributed by atoms with van der Waals surface area (Å²) < 4.78 is 5.52. The van der Waals surface area contributed by atoms with E-state index >= 15 is 0 Å². The number of methoxy groups -OCH3 is 1. The van der Waals surface area contributed by atoms with Crippen LogP contribution in [-0.4, -0.2) is 13.7 Å². The van der Waals surface area contributed by atoms with Crippen molar-refractivity contribution in [1.82, 2.24) is 0 Å². The molecule has 2 aromatic carbocycles. The molecule has 0 aromatic heterocycles. The van der Waals surface area contributed by atoms with Gasteiger partial charge >= 0.3 is 0 Å². The highest BCUT2D eigenvalue weighted by Gasteiger charge is 2.15. The SMILES string of the molecule is COc1ccc(C(C)C)cc1CC(CN)c1cccc(Cl)c1. The van der Waals surface area contributed by atoms with Gasteiger partial charge in [-0.2, -0.15) is 0 Å². The van der Waals surface area contributed by atoms with E-state index in [4.69, 9.17) is 22.1 Å². The zero-order chi connectivity index (χ0) is 16.1. The van der Waals surface area contributed by atoms with E-state index in [0.717, 1.165) is 17.2 Å². The van der Waals surface area contributed by atoms with Crippen molar-refractivity contribution in [3.63, 3.8) is 0 Å². The van der Waals surface area contributed by atoms with E-state index < -0.39 is 0 Å². The molecule has 0 saturated carbocycles. The van der Waals surface area contributed by atoms with Crippen molar-refractivity contribution in [1.29, 1.82) is 0 Å². The van der Waals surface area contributed by atoms with Crippen molar-refractivity contribution in [2.75, 3.05) is 13.7 Å². The standard InChI is InChI=1S/C19H24ClNO/c1-13(2)14-7-8-19(22-3)16(9-14)10-17(12-21)15-5-4-6-18(20)11-15/h4-9,11,13,17H,10,12,21H2,1-3H3. The number of ether oxygens (including phenoxy) is 1. The molecule has 0 aliphatic rings. The van der Waals surface area contributed by atoms with Crippen LogP contribution in [0, 0.1) is 0 Å². The number of benzene rings is 2. The topological polar surface area (TPSA) is 35.2 Å². The number of hydrogen-bond donors (Lipinski definition) is 1. The van der Waals surface area contributed by atoms with Gasteiger partial charge in [0.15, 0.2) is 0 Å². The zero-order valence-corrected chi connectivity index (χ0v) is 14.2. The molecule has 3 heteroatoms. The Hall–Kier alpha value is -1.51. The van der Waals surface area contributed by atoms with Crippen molar-refractivity contribution in [3.05, 3.63) is 64.2 Å². The third-order valence-corrected chi connectivity index (χ3v) is 4.28. The second kappa shape index (κ2) is 7.66. The van der Waals surface area contributed by atoms with Gasteiger partial charge in [0.25, 0.3) is 0 Å². The van der Waals surface area contributed by atoms with Gasteiger partial charge < -0.3 is 10.5 Å². The first-order chi connectivity index (χ1) is 10.5. The second-order valence-electron chi connectivity index (χ2n) is 5.92. The summed E-state index contributed by atoms with van der Waals surface area (Å²) in [6.07, 6.45) is 0.848. The van der Waals surface area contributed by atoms with Gasteiger partial charge in [-0.3, -0.25) is 0 Å². The Morgan fingerprint density at radius 2 is 1.86 bits per heavy atom. The van der Waals surface area contributed by atoms with Crippen molar-refractivity contribution < 1.29 is 4.74 Å². The minimum absolute atomic E-state index is 0.231. The molecule has 1 unspecified atom stereocenters. The summed E-state index contributed by atoms with van der Waals surface area (Å²) >= 11 is 6.11. The van der Waals surface area contributed by atoms with Gasteiger partial charge in [0, 0.05) is 10.9 Å². The van der Waals surface area contributed by atoms with E-state index in [1.807, 2.05) is 18.2 Å². The smallest absolute Gasteiger partial charge is 0.122 e. The van der Waals surface area contributed by atoms with E-state index in [1.54, 1.807) is 7.11 Å². The van der Waals surface area contributed by atoms with E-state index in [1.165, 1.54) is 16.7 Å². The maximum Gasteiger partial charge on any atom is 0.122 e. The average Bonchev–Trinajstić information content (AvgIpc) is 2.52. The van der Waals surface area contributed by atoms with Crippen LogP contribution in [0.5, 0.6) is 5.75 Å². The second-order valence-corrected chi connectivity index (χ2v) is 6.35. The minimum Gasteiger partial charge on any atom is -0.496 e. The highest BCUT2D eigenvalue weighted by molar-refractivity contribution is 6.30. The van der Waals surface area contributed by atoms with Gasteiger partial charge in [0.05, 0.1) is 7.11 Å². The first-order valence-corrected chi connectivity index (χ1v) is 8.05. The Kier molecular flexibility index (Phi) is 5.87. The van der Waals surface area contributed by atoms with Crippen LogP contribution in [0.15, 0.2) is 42.5 Å². The molecule has 0 radical (unpaired) electrons. The third kappa shape index (κ3) is 4.02. The first-order valence-electron chi connectivity index (χ1n) is 7.67. The lowest BCUT2D eigenvalue weighted by Crippen LogP contribution is -2.15. The molecule has 0 heterocycles. The number of nitrogens with two attached hydrogens (primary N) is 1. The molecule has 0 fully saturated rings. The van der Waals surface area contributed by atoms with E-state index in [2.05, 4.69) is 38.1 Å². The van der Waals surface area contributed by atoms with Gasteiger partial charge in [-0.05, 0) is 53.8 Å². The van der Waals surface area contributed by atoms with Gasteiger partial charge in [0.2, 0.25) is 0 Å². The Bertz CT molecular complexity index is 625. The van der Waals surface area contributed by atoms with Crippen LogP contribution >= 0.6 is 11.6 Å². The molecule has 0 aliphatic heterocycles. The molecule has 2 aromatic rings. The van der Waals surface area contributed by atoms with E-state index in [-0.39, 0.29) is 5.92 Å². The van der Waals surface area contributed by atoms with Gasteiger partial charge in [-0.1, -0.05) is 49.7 Å². The van der Waals surface area contributed by atoms with Crippen LogP contribution in [0.25, 0.3) is 0 Å². The molecule has 2 N–H and O–H groups in total. The highest BCUT2D eigenvalue weighted by atomic mass is 35.5. The fraction of sp³-hybridized carbons (Fsp3) is 0.368. The normalized spacial score (nSPS) is 12.5. The van der Waals surface area contributed by atoms with Crippen LogP contribution in [-0.2, 0) is 6.42 Å². The highest BCUT2D eigenvalue weighted by Crippen LogP contribution is 2.30. The molecule has 1 atom stereocenters. The fourth-order valence-corrected chi connectivity index (χ4v) is 2.88. The molecule has 0 aliphatic carbocycles. The average molecular weight is 318 g/mol. The molecule has 0 amide bonds. The summed E-state index contributed by atoms with van der Waals surface area (Å²) in [5.74, 6) is 1.65. The summed E-state index contributed by atoms with van der Waals surface area (Å²) in [5.41, 5.74) is 9.70. The first kappa shape index (κ1) is 16.9. The summed E-state index contributed by atoms with van der Waals surface area (Å²) in [6, 6.07) is 14.4. The van der Waals surface area contributed by atoms with Gasteiger partial charge in [-0.15, -0.1) is 0 Å². The lowest BCUT2D eigenvalue weighted by molar-refractivity contribution is 0.407.